The highest BCUT2D eigenvalue weighted by Crippen LogP contribution is 2.35. The van der Waals surface area contributed by atoms with Gasteiger partial charge in [-0.2, -0.15) is 0 Å². The average Bonchev–Trinajstić information content (AvgIpc) is 3.81. The van der Waals surface area contributed by atoms with Gasteiger partial charge in [0.05, 0.1) is 0 Å². The second-order valence-corrected chi connectivity index (χ2v) is 8.66. The zero-order valence-electron chi connectivity index (χ0n) is 21.5. The van der Waals surface area contributed by atoms with Gasteiger partial charge in [-0.15, -0.1) is 15.3 Å². The minimum atomic E-state index is -0.0316. The first-order chi connectivity index (χ1) is 20.7. The van der Waals surface area contributed by atoms with Crippen molar-refractivity contribution >= 4 is 0 Å². The van der Waals surface area contributed by atoms with Crippen molar-refractivity contribution in [2.75, 3.05) is 0 Å². The van der Waals surface area contributed by atoms with Crippen LogP contribution in [-0.4, -0.2) is 30.6 Å². The fraction of sp³-hybridized carbons (Fsp3) is 0. The number of rotatable bonds is 9. The fourth-order valence-electron chi connectivity index (χ4n) is 3.87. The number of ether oxygens (including phenoxy) is 3. The molecule has 3 aromatic heterocycles. The molecular weight excluding hydrogens is 540 g/mol. The van der Waals surface area contributed by atoms with E-state index in [0.29, 0.717) is 33.9 Å². The molecule has 0 unspecified atom stereocenters. The minimum Gasteiger partial charge on any atom is -0.410 e. The molecule has 3 heterocycles. The van der Waals surface area contributed by atoms with Gasteiger partial charge in [-0.25, -0.2) is 0 Å². The molecule has 0 fully saturated rings. The molecule has 42 heavy (non-hydrogen) atoms. The highest BCUT2D eigenvalue weighted by Gasteiger charge is 2.20. The summed E-state index contributed by atoms with van der Waals surface area (Å²) >= 11 is 0. The maximum Gasteiger partial charge on any atom is 0.420 e. The molecule has 0 saturated heterocycles. The van der Waals surface area contributed by atoms with E-state index < -0.39 is 0 Å². The Morgan fingerprint density at radius 1 is 0.357 bits per heavy atom. The van der Waals surface area contributed by atoms with Crippen LogP contribution in [0.1, 0.15) is 0 Å². The number of benzene rings is 4. The van der Waals surface area contributed by atoms with Crippen LogP contribution in [0.3, 0.4) is 0 Å². The molecule has 0 saturated carbocycles. The summed E-state index contributed by atoms with van der Waals surface area (Å²) in [6.07, 6.45) is -0.0949. The topological polar surface area (TPSA) is 144 Å². The van der Waals surface area contributed by atoms with Crippen LogP contribution >= 0.6 is 0 Å². The maximum absolute atomic E-state index is 5.80. The monoisotopic (exact) mass is 558 g/mol. The van der Waals surface area contributed by atoms with Crippen molar-refractivity contribution in [3.8, 4) is 69.8 Å². The van der Waals surface area contributed by atoms with Crippen molar-refractivity contribution in [1.82, 2.24) is 30.6 Å². The summed E-state index contributed by atoms with van der Waals surface area (Å²) in [4.78, 5) is 0. The molecule has 7 aromatic rings. The molecule has 0 atom stereocenters. The summed E-state index contributed by atoms with van der Waals surface area (Å²) in [5, 5.41) is 24.5. The largest absolute Gasteiger partial charge is 0.420 e. The van der Waals surface area contributed by atoms with E-state index in [2.05, 4.69) is 30.6 Å². The first kappa shape index (κ1) is 24.7. The second kappa shape index (κ2) is 11.1. The van der Waals surface area contributed by atoms with Gasteiger partial charge in [0.1, 0.15) is 17.2 Å². The Morgan fingerprint density at radius 2 is 0.643 bits per heavy atom. The Bertz CT molecular complexity index is 1690. The Kier molecular flexibility index (Phi) is 6.51. The third-order valence-electron chi connectivity index (χ3n) is 5.74. The van der Waals surface area contributed by atoms with Crippen molar-refractivity contribution in [3.63, 3.8) is 0 Å². The first-order valence-corrected chi connectivity index (χ1v) is 12.6. The van der Waals surface area contributed by atoms with E-state index in [1.807, 2.05) is 54.6 Å². The lowest BCUT2D eigenvalue weighted by molar-refractivity contribution is 0.335. The number of nitrogens with zero attached hydrogens (tertiary/aromatic N) is 6. The molecule has 0 radical (unpaired) electrons. The van der Waals surface area contributed by atoms with Gasteiger partial charge >= 0.3 is 18.2 Å². The van der Waals surface area contributed by atoms with Gasteiger partial charge in [-0.3, -0.25) is 0 Å². The zero-order chi connectivity index (χ0) is 28.1. The molecule has 0 bridgehead atoms. The molecule has 4 aromatic carbocycles. The third-order valence-corrected chi connectivity index (χ3v) is 5.74. The van der Waals surface area contributed by atoms with E-state index in [4.69, 9.17) is 27.5 Å². The Morgan fingerprint density at radius 3 is 0.929 bits per heavy atom. The molecule has 0 aliphatic carbocycles. The molecule has 0 aliphatic rings. The van der Waals surface area contributed by atoms with E-state index in [1.165, 1.54) is 0 Å². The molecular formula is C30H18N6O6. The van der Waals surface area contributed by atoms with Crippen molar-refractivity contribution in [2.24, 2.45) is 0 Å². The number of hydrogen-bond donors (Lipinski definition) is 0. The molecule has 7 rings (SSSR count). The molecule has 0 N–H and O–H groups in total. The van der Waals surface area contributed by atoms with Crippen LogP contribution in [0.15, 0.2) is 122 Å². The van der Waals surface area contributed by atoms with Crippen LogP contribution in [-0.2, 0) is 0 Å². The molecule has 12 nitrogen and oxygen atoms in total. The van der Waals surface area contributed by atoms with E-state index in [9.17, 15) is 0 Å². The number of para-hydroxylation sites is 3. The second-order valence-electron chi connectivity index (χ2n) is 8.66. The quantitative estimate of drug-likeness (QED) is 0.176. The predicted molar refractivity (Wildman–Crippen MR) is 146 cm³/mol. The van der Waals surface area contributed by atoms with E-state index in [1.54, 1.807) is 54.6 Å². The fourth-order valence-corrected chi connectivity index (χ4v) is 3.87. The van der Waals surface area contributed by atoms with Crippen LogP contribution in [0, 0.1) is 0 Å². The molecule has 204 valence electrons. The summed E-state index contributed by atoms with van der Waals surface area (Å²) < 4.78 is 34.4. The Balaban J connectivity index is 1.23. The highest BCUT2D eigenvalue weighted by atomic mass is 16.6. The Hall–Kier alpha value is -6.30. The summed E-state index contributed by atoms with van der Waals surface area (Å²) in [7, 11) is 0. The number of hydrogen-bond acceptors (Lipinski definition) is 12. The van der Waals surface area contributed by atoms with Crippen LogP contribution in [0.25, 0.3) is 34.4 Å². The number of aromatic nitrogens is 6. The first-order valence-electron chi connectivity index (χ1n) is 12.6. The maximum atomic E-state index is 5.80. The molecule has 0 amide bonds. The standard InChI is InChI=1S/C30H18N6O6/c1-4-10-22(11-5-1)37-28-34-31-25(40-28)19-16-20(26-32-35-29(41-26)38-23-12-6-2-7-13-23)18-21(17-19)27-33-36-30(42-27)39-24-14-8-3-9-15-24/h1-18H. The van der Waals surface area contributed by atoms with E-state index >= 15 is 0 Å². The highest BCUT2D eigenvalue weighted by molar-refractivity contribution is 5.73. The van der Waals surface area contributed by atoms with E-state index in [-0.39, 0.29) is 35.9 Å². The van der Waals surface area contributed by atoms with Gasteiger partial charge in [0.2, 0.25) is 0 Å². The SMILES string of the molecule is c1ccc(Oc2nnc(-c3cc(-c4nnc(Oc5ccccc5)o4)cc(-c4nnc(Oc5ccccc5)o4)c3)o2)cc1. The van der Waals surface area contributed by atoms with Crippen molar-refractivity contribution in [1.29, 1.82) is 0 Å². The van der Waals surface area contributed by atoms with Gasteiger partial charge in [0, 0.05) is 16.7 Å². The van der Waals surface area contributed by atoms with Crippen molar-refractivity contribution in [3.05, 3.63) is 109 Å². The minimum absolute atomic E-state index is 0.0316. The van der Waals surface area contributed by atoms with Crippen molar-refractivity contribution < 1.29 is 27.5 Å². The van der Waals surface area contributed by atoms with Crippen molar-refractivity contribution in [2.45, 2.75) is 0 Å². The average molecular weight is 559 g/mol. The van der Waals surface area contributed by atoms with Crippen LogP contribution in [0.2, 0.25) is 0 Å². The molecule has 0 spiro atoms. The molecule has 0 aliphatic heterocycles. The van der Waals surface area contributed by atoms with Crippen LogP contribution in [0.5, 0.6) is 35.5 Å². The summed E-state index contributed by atoms with van der Waals surface area (Å²) in [5.74, 6) is 2.17. The molecule has 12 heteroatoms. The van der Waals surface area contributed by atoms with Gasteiger partial charge in [0.15, 0.2) is 0 Å². The van der Waals surface area contributed by atoms with Crippen LogP contribution < -0.4 is 14.2 Å². The third kappa shape index (κ3) is 5.53. The van der Waals surface area contributed by atoms with Gasteiger partial charge in [-0.05, 0) is 54.6 Å². The lowest BCUT2D eigenvalue weighted by Gasteiger charge is -2.03. The van der Waals surface area contributed by atoms with Crippen LogP contribution in [0.4, 0.5) is 0 Å². The Labute approximate surface area is 237 Å². The normalized spacial score (nSPS) is 10.9. The van der Waals surface area contributed by atoms with Gasteiger partial charge in [-0.1, -0.05) is 69.9 Å². The van der Waals surface area contributed by atoms with E-state index in [0.717, 1.165) is 0 Å². The smallest absolute Gasteiger partial charge is 0.410 e. The summed E-state index contributed by atoms with van der Waals surface area (Å²) in [6, 6.07) is 32.5. The summed E-state index contributed by atoms with van der Waals surface area (Å²) in [5.41, 5.74) is 1.51. The van der Waals surface area contributed by atoms with Gasteiger partial charge in [0.25, 0.3) is 17.7 Å². The lowest BCUT2D eigenvalue weighted by Crippen LogP contribution is -1.87. The predicted octanol–water partition coefficient (Wildman–Crippen LogP) is 7.21. The van der Waals surface area contributed by atoms with Gasteiger partial charge < -0.3 is 27.5 Å². The zero-order valence-corrected chi connectivity index (χ0v) is 21.5. The lowest BCUT2D eigenvalue weighted by atomic mass is 10.1. The summed E-state index contributed by atoms with van der Waals surface area (Å²) in [6.45, 7) is 0.